The second kappa shape index (κ2) is 8.52. The largest absolute Gasteiger partial charge is 0.455 e. The van der Waals surface area contributed by atoms with Crippen molar-refractivity contribution in [2.24, 2.45) is 0 Å². The summed E-state index contributed by atoms with van der Waals surface area (Å²) in [7, 11) is 0. The van der Waals surface area contributed by atoms with Gasteiger partial charge in [-0.3, -0.25) is 9.59 Å². The van der Waals surface area contributed by atoms with Crippen LogP contribution in [0.1, 0.15) is 22.4 Å². The molecule has 0 saturated heterocycles. The maximum absolute atomic E-state index is 12.2. The second-order valence-corrected chi connectivity index (χ2v) is 6.72. The van der Waals surface area contributed by atoms with Crippen LogP contribution in [0, 0.1) is 20.8 Å². The number of hydrogen-bond donors (Lipinski definition) is 1. The Morgan fingerprint density at radius 2 is 1.75 bits per heavy atom. The molecule has 0 spiro atoms. The van der Waals surface area contributed by atoms with E-state index in [1.54, 1.807) is 10.7 Å². The lowest BCUT2D eigenvalue weighted by Crippen LogP contribution is -2.23. The lowest BCUT2D eigenvalue weighted by molar-refractivity contribution is -0.146. The fourth-order valence-corrected chi connectivity index (χ4v) is 2.81. The zero-order chi connectivity index (χ0) is 20.1. The highest BCUT2D eigenvalue weighted by atomic mass is 16.5. The van der Waals surface area contributed by atoms with Crippen LogP contribution in [0.2, 0.25) is 0 Å². The summed E-state index contributed by atoms with van der Waals surface area (Å²) in [6, 6.07) is 17.1. The number of amides is 1. The minimum atomic E-state index is -0.439. The van der Waals surface area contributed by atoms with Gasteiger partial charge in [0.1, 0.15) is 5.82 Å². The number of carbonyl (C=O) groups excluding carboxylic acids is 2. The van der Waals surface area contributed by atoms with Crippen LogP contribution in [-0.4, -0.2) is 28.3 Å². The number of para-hydroxylation sites is 1. The van der Waals surface area contributed by atoms with E-state index in [9.17, 15) is 9.59 Å². The van der Waals surface area contributed by atoms with Gasteiger partial charge in [0.15, 0.2) is 6.61 Å². The highest BCUT2D eigenvalue weighted by Crippen LogP contribution is 2.17. The minimum Gasteiger partial charge on any atom is -0.455 e. The molecule has 1 amide bonds. The summed E-state index contributed by atoms with van der Waals surface area (Å²) in [4.78, 5) is 24.3. The van der Waals surface area contributed by atoms with Gasteiger partial charge in [0, 0.05) is 6.07 Å². The standard InChI is InChI=1S/C22H23N3O3/c1-15-9-10-18(11-16(15)2)13-22(27)28-14-21(26)23-20-12-17(3)24-25(20)19-7-5-4-6-8-19/h4-12H,13-14H2,1-3H3,(H,23,26). The first-order valence-electron chi connectivity index (χ1n) is 9.06. The summed E-state index contributed by atoms with van der Waals surface area (Å²) in [5.74, 6) is -0.324. The normalized spacial score (nSPS) is 10.5. The quantitative estimate of drug-likeness (QED) is 0.667. The second-order valence-electron chi connectivity index (χ2n) is 6.72. The van der Waals surface area contributed by atoms with Crippen molar-refractivity contribution in [3.8, 4) is 5.69 Å². The number of aryl methyl sites for hydroxylation is 3. The van der Waals surface area contributed by atoms with Crippen molar-refractivity contribution in [2.45, 2.75) is 27.2 Å². The number of esters is 1. The number of carbonyl (C=O) groups is 2. The molecule has 6 heteroatoms. The molecule has 0 saturated carbocycles. The van der Waals surface area contributed by atoms with Crippen LogP contribution in [0.4, 0.5) is 5.82 Å². The van der Waals surface area contributed by atoms with E-state index in [-0.39, 0.29) is 13.0 Å². The van der Waals surface area contributed by atoms with E-state index in [0.29, 0.717) is 5.82 Å². The molecule has 1 aromatic heterocycles. The van der Waals surface area contributed by atoms with Crippen molar-refractivity contribution in [3.63, 3.8) is 0 Å². The molecule has 3 rings (SSSR count). The SMILES string of the molecule is Cc1cc(NC(=O)COC(=O)Cc2ccc(C)c(C)c2)n(-c2ccccc2)n1. The molecular weight excluding hydrogens is 354 g/mol. The van der Waals surface area contributed by atoms with Gasteiger partial charge < -0.3 is 10.1 Å². The Morgan fingerprint density at radius 3 is 2.46 bits per heavy atom. The summed E-state index contributed by atoms with van der Waals surface area (Å²) in [6.45, 7) is 5.51. The van der Waals surface area contributed by atoms with Gasteiger partial charge in [0.05, 0.1) is 17.8 Å². The summed E-state index contributed by atoms with van der Waals surface area (Å²) in [5, 5.41) is 7.14. The van der Waals surface area contributed by atoms with Gasteiger partial charge in [-0.2, -0.15) is 5.10 Å². The number of rotatable bonds is 6. The van der Waals surface area contributed by atoms with Crippen LogP contribution < -0.4 is 5.32 Å². The Hall–Kier alpha value is -3.41. The number of hydrogen-bond acceptors (Lipinski definition) is 4. The molecule has 0 aliphatic heterocycles. The van der Waals surface area contributed by atoms with E-state index in [1.807, 2.05) is 69.3 Å². The van der Waals surface area contributed by atoms with Crippen molar-refractivity contribution in [2.75, 3.05) is 11.9 Å². The third kappa shape index (κ3) is 4.85. The lowest BCUT2D eigenvalue weighted by Gasteiger charge is -2.09. The molecule has 3 aromatic rings. The van der Waals surface area contributed by atoms with Crippen LogP contribution in [-0.2, 0) is 20.7 Å². The van der Waals surface area contributed by atoms with Crippen molar-refractivity contribution in [1.82, 2.24) is 9.78 Å². The molecule has 1 heterocycles. The molecule has 1 N–H and O–H groups in total. The summed E-state index contributed by atoms with van der Waals surface area (Å²) in [5.41, 5.74) is 4.75. The molecule has 0 fully saturated rings. The van der Waals surface area contributed by atoms with Crippen molar-refractivity contribution < 1.29 is 14.3 Å². The number of nitrogens with zero attached hydrogens (tertiary/aromatic N) is 2. The Kier molecular flexibility index (Phi) is 5.89. The van der Waals surface area contributed by atoms with Gasteiger partial charge in [-0.05, 0) is 49.6 Å². The first kappa shape index (κ1) is 19.4. The predicted molar refractivity (Wildman–Crippen MR) is 108 cm³/mol. The number of benzene rings is 2. The van der Waals surface area contributed by atoms with Gasteiger partial charge in [-0.15, -0.1) is 0 Å². The van der Waals surface area contributed by atoms with Gasteiger partial charge in [-0.1, -0.05) is 36.4 Å². The molecule has 6 nitrogen and oxygen atoms in total. The van der Waals surface area contributed by atoms with Gasteiger partial charge in [0.25, 0.3) is 5.91 Å². The van der Waals surface area contributed by atoms with E-state index < -0.39 is 11.9 Å². The molecule has 0 atom stereocenters. The zero-order valence-corrected chi connectivity index (χ0v) is 16.2. The average Bonchev–Trinajstić information content (AvgIpc) is 3.04. The third-order valence-corrected chi connectivity index (χ3v) is 4.38. The predicted octanol–water partition coefficient (Wildman–Crippen LogP) is 3.52. The number of aromatic nitrogens is 2. The van der Waals surface area contributed by atoms with Gasteiger partial charge in [-0.25, -0.2) is 4.68 Å². The topological polar surface area (TPSA) is 73.2 Å². The lowest BCUT2D eigenvalue weighted by atomic mass is 10.0. The molecule has 0 radical (unpaired) electrons. The van der Waals surface area contributed by atoms with Crippen LogP contribution in [0.5, 0.6) is 0 Å². The van der Waals surface area contributed by atoms with Crippen molar-refractivity contribution in [3.05, 3.63) is 77.0 Å². The molecule has 0 aliphatic carbocycles. The Labute approximate surface area is 164 Å². The van der Waals surface area contributed by atoms with E-state index >= 15 is 0 Å². The zero-order valence-electron chi connectivity index (χ0n) is 16.2. The maximum Gasteiger partial charge on any atom is 0.310 e. The molecule has 0 bridgehead atoms. The van der Waals surface area contributed by atoms with Gasteiger partial charge in [0.2, 0.25) is 0 Å². The first-order valence-corrected chi connectivity index (χ1v) is 9.06. The van der Waals surface area contributed by atoms with Crippen LogP contribution in [0.3, 0.4) is 0 Å². The molecule has 2 aromatic carbocycles. The number of anilines is 1. The Bertz CT molecular complexity index is 994. The summed E-state index contributed by atoms with van der Waals surface area (Å²) < 4.78 is 6.76. The molecule has 0 aliphatic rings. The van der Waals surface area contributed by atoms with Crippen LogP contribution in [0.25, 0.3) is 5.69 Å². The highest BCUT2D eigenvalue weighted by Gasteiger charge is 2.13. The van der Waals surface area contributed by atoms with E-state index in [1.165, 1.54) is 5.56 Å². The van der Waals surface area contributed by atoms with Crippen molar-refractivity contribution >= 4 is 17.7 Å². The van der Waals surface area contributed by atoms with E-state index in [0.717, 1.165) is 22.5 Å². The highest BCUT2D eigenvalue weighted by molar-refractivity contribution is 5.92. The minimum absolute atomic E-state index is 0.134. The molecule has 144 valence electrons. The van der Waals surface area contributed by atoms with E-state index in [4.69, 9.17) is 4.74 Å². The fourth-order valence-electron chi connectivity index (χ4n) is 2.81. The maximum atomic E-state index is 12.2. The molecule has 0 unspecified atom stereocenters. The monoisotopic (exact) mass is 377 g/mol. The Morgan fingerprint density at radius 1 is 1.00 bits per heavy atom. The molecular formula is C22H23N3O3. The number of ether oxygens (including phenoxy) is 1. The summed E-state index contributed by atoms with van der Waals surface area (Å²) >= 11 is 0. The fraction of sp³-hybridized carbons (Fsp3) is 0.227. The smallest absolute Gasteiger partial charge is 0.310 e. The number of nitrogens with one attached hydrogen (secondary N) is 1. The van der Waals surface area contributed by atoms with Crippen LogP contribution in [0.15, 0.2) is 54.6 Å². The van der Waals surface area contributed by atoms with Crippen molar-refractivity contribution in [1.29, 1.82) is 0 Å². The van der Waals surface area contributed by atoms with E-state index in [2.05, 4.69) is 10.4 Å². The summed E-state index contributed by atoms with van der Waals surface area (Å²) in [6.07, 6.45) is 0.134. The van der Waals surface area contributed by atoms with Crippen LogP contribution >= 0.6 is 0 Å². The molecule has 28 heavy (non-hydrogen) atoms. The first-order chi connectivity index (χ1) is 13.4. The average molecular weight is 377 g/mol. The van der Waals surface area contributed by atoms with Gasteiger partial charge >= 0.3 is 5.97 Å². The third-order valence-electron chi connectivity index (χ3n) is 4.38. The Balaban J connectivity index is 1.57.